The van der Waals surface area contributed by atoms with Crippen molar-refractivity contribution in [2.75, 3.05) is 6.61 Å². The van der Waals surface area contributed by atoms with Gasteiger partial charge in [0.25, 0.3) is 0 Å². The Morgan fingerprint density at radius 2 is 1.90 bits per heavy atom. The van der Waals surface area contributed by atoms with Gasteiger partial charge in [0.2, 0.25) is 5.28 Å². The molecule has 2 saturated carbocycles. The normalized spacial score (nSPS) is 33.2. The Hall–Kier alpha value is -1.10. The Bertz CT molecular complexity index is 552. The maximum Gasteiger partial charge on any atom is 0.324 e. The van der Waals surface area contributed by atoms with Crippen LogP contribution < -0.4 is 9.47 Å². The van der Waals surface area contributed by atoms with Gasteiger partial charge < -0.3 is 9.47 Å². The first kappa shape index (κ1) is 14.8. The number of aromatic nitrogens is 3. The first-order chi connectivity index (χ1) is 9.86. The Balaban J connectivity index is 1.82. The molecule has 5 nitrogen and oxygen atoms in total. The van der Waals surface area contributed by atoms with E-state index in [1.54, 1.807) is 0 Å². The second-order valence-electron chi connectivity index (χ2n) is 6.82. The molecule has 0 aliphatic heterocycles. The van der Waals surface area contributed by atoms with Crippen LogP contribution in [0.2, 0.25) is 5.28 Å². The van der Waals surface area contributed by atoms with Crippen molar-refractivity contribution >= 4 is 11.6 Å². The molecule has 3 rings (SSSR count). The predicted octanol–water partition coefficient (Wildman–Crippen LogP) is 3.52. The van der Waals surface area contributed by atoms with E-state index in [0.29, 0.717) is 12.5 Å². The summed E-state index contributed by atoms with van der Waals surface area (Å²) in [5, 5.41) is 0.107. The van der Waals surface area contributed by atoms with Crippen LogP contribution in [0.1, 0.15) is 47.0 Å². The molecular formula is C15H22ClN3O2. The molecular weight excluding hydrogens is 290 g/mol. The number of ether oxygens (including phenoxy) is 2. The molecule has 2 bridgehead atoms. The van der Waals surface area contributed by atoms with E-state index >= 15 is 0 Å². The van der Waals surface area contributed by atoms with Crippen molar-refractivity contribution in [3.05, 3.63) is 5.28 Å². The summed E-state index contributed by atoms with van der Waals surface area (Å²) in [5.41, 5.74) is 0.444. The first-order valence-corrected chi connectivity index (χ1v) is 7.95. The summed E-state index contributed by atoms with van der Waals surface area (Å²) in [5.74, 6) is 0.705. The van der Waals surface area contributed by atoms with Crippen molar-refractivity contribution in [2.45, 2.75) is 53.1 Å². The van der Waals surface area contributed by atoms with E-state index in [9.17, 15) is 0 Å². The van der Waals surface area contributed by atoms with Crippen LogP contribution >= 0.6 is 11.6 Å². The highest BCUT2D eigenvalue weighted by molar-refractivity contribution is 6.28. The molecule has 6 heteroatoms. The highest BCUT2D eigenvalue weighted by atomic mass is 35.5. The van der Waals surface area contributed by atoms with E-state index in [-0.39, 0.29) is 34.2 Å². The summed E-state index contributed by atoms with van der Waals surface area (Å²) in [6, 6.07) is 0.494. The molecule has 0 aromatic carbocycles. The van der Waals surface area contributed by atoms with Crippen LogP contribution in [0.25, 0.3) is 0 Å². The Labute approximate surface area is 130 Å². The smallest absolute Gasteiger partial charge is 0.324 e. The maximum atomic E-state index is 6.09. The fourth-order valence-electron chi connectivity index (χ4n) is 4.00. The van der Waals surface area contributed by atoms with Crippen molar-refractivity contribution in [1.82, 2.24) is 15.0 Å². The van der Waals surface area contributed by atoms with Gasteiger partial charge in [0.1, 0.15) is 6.10 Å². The first-order valence-electron chi connectivity index (χ1n) is 7.58. The van der Waals surface area contributed by atoms with Crippen molar-refractivity contribution in [3.63, 3.8) is 0 Å². The summed E-state index contributed by atoms with van der Waals surface area (Å²) in [4.78, 5) is 12.2. The van der Waals surface area contributed by atoms with Gasteiger partial charge >= 0.3 is 12.0 Å². The third kappa shape index (κ3) is 2.26. The molecule has 1 aromatic rings. The number of fused-ring (bicyclic) bond motifs is 2. The van der Waals surface area contributed by atoms with E-state index in [1.165, 1.54) is 12.8 Å². The zero-order valence-electron chi connectivity index (χ0n) is 13.0. The van der Waals surface area contributed by atoms with E-state index in [1.807, 2.05) is 6.92 Å². The fourth-order valence-corrected chi connectivity index (χ4v) is 4.14. The van der Waals surface area contributed by atoms with Crippen LogP contribution in [0.3, 0.4) is 0 Å². The largest absolute Gasteiger partial charge is 0.464 e. The molecule has 1 aromatic heterocycles. The number of rotatable bonds is 4. The Kier molecular flexibility index (Phi) is 3.51. The van der Waals surface area contributed by atoms with Gasteiger partial charge in [-0.3, -0.25) is 0 Å². The average Bonchev–Trinajstić information content (AvgIpc) is 2.71. The fraction of sp³-hybridized carbons (Fsp3) is 0.800. The molecule has 0 N–H and O–H groups in total. The number of hydrogen-bond acceptors (Lipinski definition) is 5. The number of hydrogen-bond donors (Lipinski definition) is 0. The molecule has 2 fully saturated rings. The molecule has 2 aliphatic rings. The minimum Gasteiger partial charge on any atom is -0.464 e. The molecule has 0 saturated heterocycles. The maximum absolute atomic E-state index is 6.09. The van der Waals surface area contributed by atoms with Crippen LogP contribution in [0.4, 0.5) is 0 Å². The molecule has 0 amide bonds. The zero-order chi connectivity index (χ0) is 15.3. The monoisotopic (exact) mass is 311 g/mol. The Morgan fingerprint density at radius 3 is 2.48 bits per heavy atom. The van der Waals surface area contributed by atoms with Gasteiger partial charge in [0.05, 0.1) is 6.61 Å². The molecule has 2 aliphatic carbocycles. The lowest BCUT2D eigenvalue weighted by Gasteiger charge is -2.38. The zero-order valence-corrected chi connectivity index (χ0v) is 13.8. The minimum atomic E-state index is 0.107. The topological polar surface area (TPSA) is 57.1 Å². The molecule has 3 atom stereocenters. The number of nitrogens with zero attached hydrogens (tertiary/aromatic N) is 3. The van der Waals surface area contributed by atoms with Crippen LogP contribution in [0.15, 0.2) is 0 Å². The van der Waals surface area contributed by atoms with Crippen molar-refractivity contribution in [2.24, 2.45) is 16.7 Å². The third-order valence-electron chi connectivity index (χ3n) is 5.80. The Morgan fingerprint density at radius 1 is 1.19 bits per heavy atom. The van der Waals surface area contributed by atoms with E-state index < -0.39 is 0 Å². The van der Waals surface area contributed by atoms with E-state index in [0.717, 1.165) is 6.42 Å². The van der Waals surface area contributed by atoms with Crippen LogP contribution in [0, 0.1) is 16.7 Å². The molecule has 116 valence electrons. The molecule has 0 spiro atoms. The van der Waals surface area contributed by atoms with Gasteiger partial charge in [-0.05, 0) is 49.1 Å². The van der Waals surface area contributed by atoms with Gasteiger partial charge in [-0.25, -0.2) is 0 Å². The summed E-state index contributed by atoms with van der Waals surface area (Å²) in [6.45, 7) is 9.37. The highest BCUT2D eigenvalue weighted by Crippen LogP contribution is 2.66. The molecule has 0 radical (unpaired) electrons. The quantitative estimate of drug-likeness (QED) is 0.851. The summed E-state index contributed by atoms with van der Waals surface area (Å²) in [6.07, 6.45) is 3.65. The number of halogens is 1. The average molecular weight is 312 g/mol. The van der Waals surface area contributed by atoms with Crippen molar-refractivity contribution < 1.29 is 9.47 Å². The van der Waals surface area contributed by atoms with Crippen LogP contribution in [0.5, 0.6) is 12.0 Å². The summed E-state index contributed by atoms with van der Waals surface area (Å²) >= 11 is 5.92. The lowest BCUT2D eigenvalue weighted by atomic mass is 9.70. The van der Waals surface area contributed by atoms with E-state index in [2.05, 4.69) is 35.7 Å². The molecule has 3 unspecified atom stereocenters. The van der Waals surface area contributed by atoms with Gasteiger partial charge in [0.15, 0.2) is 0 Å². The summed E-state index contributed by atoms with van der Waals surface area (Å²) < 4.78 is 11.4. The minimum absolute atomic E-state index is 0.107. The lowest BCUT2D eigenvalue weighted by molar-refractivity contribution is 0.0235. The third-order valence-corrected chi connectivity index (χ3v) is 5.97. The van der Waals surface area contributed by atoms with Gasteiger partial charge in [-0.1, -0.05) is 20.8 Å². The molecule has 21 heavy (non-hydrogen) atoms. The second-order valence-corrected chi connectivity index (χ2v) is 7.16. The van der Waals surface area contributed by atoms with Gasteiger partial charge in [-0.2, -0.15) is 9.97 Å². The highest BCUT2D eigenvalue weighted by Gasteiger charge is 2.62. The van der Waals surface area contributed by atoms with Crippen molar-refractivity contribution in [1.29, 1.82) is 0 Å². The van der Waals surface area contributed by atoms with Gasteiger partial charge in [0, 0.05) is 5.41 Å². The van der Waals surface area contributed by atoms with Gasteiger partial charge in [-0.15, -0.1) is 4.98 Å². The van der Waals surface area contributed by atoms with Crippen LogP contribution in [-0.2, 0) is 0 Å². The van der Waals surface area contributed by atoms with Crippen molar-refractivity contribution in [3.8, 4) is 12.0 Å². The standard InChI is InChI=1S/C15H22ClN3O2/c1-5-20-12-17-11(16)18-13(19-12)21-10-8-9-6-7-15(10,4)14(9,2)3/h9-10H,5-8H2,1-4H3. The second kappa shape index (κ2) is 4.97. The molecule has 1 heterocycles. The van der Waals surface area contributed by atoms with E-state index in [4.69, 9.17) is 21.1 Å². The predicted molar refractivity (Wildman–Crippen MR) is 79.7 cm³/mol. The lowest BCUT2D eigenvalue weighted by Crippen LogP contribution is -2.39. The van der Waals surface area contributed by atoms with Crippen LogP contribution in [-0.4, -0.2) is 27.7 Å². The SMILES string of the molecule is CCOc1nc(Cl)nc(OC2CC3CCC2(C)C3(C)C)n1. The summed E-state index contributed by atoms with van der Waals surface area (Å²) in [7, 11) is 0.